The lowest BCUT2D eigenvalue weighted by Gasteiger charge is -2.24. The van der Waals surface area contributed by atoms with Gasteiger partial charge in [-0.25, -0.2) is 4.98 Å². The highest BCUT2D eigenvalue weighted by Crippen LogP contribution is 2.24. The van der Waals surface area contributed by atoms with Crippen molar-refractivity contribution >= 4 is 32.6 Å². The van der Waals surface area contributed by atoms with Crippen LogP contribution in [0.5, 0.6) is 0 Å². The summed E-state index contributed by atoms with van der Waals surface area (Å²) < 4.78 is 0.895. The fourth-order valence-electron chi connectivity index (χ4n) is 1.79. The van der Waals surface area contributed by atoms with Crippen LogP contribution >= 0.6 is 11.3 Å². The summed E-state index contributed by atoms with van der Waals surface area (Å²) >= 11 is 1.27. The third-order valence-corrected chi connectivity index (χ3v) is 4.06. The molecule has 2 rings (SSSR count). The van der Waals surface area contributed by atoms with Crippen molar-refractivity contribution in [3.05, 3.63) is 24.3 Å². The number of hydrazine groups is 1. The van der Waals surface area contributed by atoms with E-state index < -0.39 is 36.9 Å². The maximum atomic E-state index is 11.7. The number of aliphatic hydroxyl groups is 5. The molecule has 0 spiro atoms. The molecule has 0 radical (unpaired) electrons. The van der Waals surface area contributed by atoms with Gasteiger partial charge in [-0.05, 0) is 12.1 Å². The van der Waals surface area contributed by atoms with Crippen LogP contribution < -0.4 is 10.9 Å². The molecule has 0 aliphatic carbocycles. The van der Waals surface area contributed by atoms with Gasteiger partial charge in [-0.2, -0.15) is 0 Å². The third kappa shape index (κ3) is 4.13. The summed E-state index contributed by atoms with van der Waals surface area (Å²) in [6, 6.07) is 7.31. The number of rotatable bonds is 7. The van der Waals surface area contributed by atoms with E-state index in [9.17, 15) is 25.2 Å². The summed E-state index contributed by atoms with van der Waals surface area (Å²) in [5.74, 6) is -1.03. The van der Waals surface area contributed by atoms with Crippen molar-refractivity contribution in [2.24, 2.45) is 0 Å². The first-order valence-corrected chi connectivity index (χ1v) is 7.50. The van der Waals surface area contributed by atoms with E-state index in [1.807, 2.05) is 18.2 Å². The first-order chi connectivity index (χ1) is 10.9. The molecular formula is C13H17N3O6S. The fraction of sp³-hybridized carbons (Fsp3) is 0.385. The van der Waals surface area contributed by atoms with E-state index >= 15 is 0 Å². The van der Waals surface area contributed by atoms with Crippen molar-refractivity contribution in [2.45, 2.75) is 24.4 Å². The van der Waals surface area contributed by atoms with Crippen LogP contribution in [0.2, 0.25) is 0 Å². The van der Waals surface area contributed by atoms with Gasteiger partial charge in [-0.3, -0.25) is 15.6 Å². The SMILES string of the molecule is O=C(NNc1nc2ccccc2s1)[C@H](O)[C@@H](O)[C@@H](O)[C@H](O)CO. The Kier molecular flexibility index (Phi) is 5.82. The first kappa shape index (κ1) is 17.5. The predicted octanol–water partition coefficient (Wildman–Crippen LogP) is -1.82. The van der Waals surface area contributed by atoms with Crippen molar-refractivity contribution in [2.75, 3.05) is 12.0 Å². The molecule has 1 aromatic carbocycles. The molecule has 0 saturated carbocycles. The number of aromatic nitrogens is 1. The highest BCUT2D eigenvalue weighted by molar-refractivity contribution is 7.22. The molecule has 126 valence electrons. The summed E-state index contributed by atoms with van der Waals surface area (Å²) in [4.78, 5) is 15.9. The van der Waals surface area contributed by atoms with Crippen LogP contribution in [-0.2, 0) is 4.79 Å². The van der Waals surface area contributed by atoms with E-state index in [0.29, 0.717) is 5.13 Å². The van der Waals surface area contributed by atoms with Gasteiger partial charge >= 0.3 is 0 Å². The zero-order valence-electron chi connectivity index (χ0n) is 11.8. The Labute approximate surface area is 134 Å². The van der Waals surface area contributed by atoms with Gasteiger partial charge in [0.2, 0.25) is 5.13 Å². The Morgan fingerprint density at radius 2 is 1.87 bits per heavy atom. The number of para-hydroxylation sites is 1. The van der Waals surface area contributed by atoms with Crippen LogP contribution in [0.25, 0.3) is 10.2 Å². The Morgan fingerprint density at radius 3 is 2.52 bits per heavy atom. The van der Waals surface area contributed by atoms with E-state index in [1.165, 1.54) is 11.3 Å². The lowest BCUT2D eigenvalue weighted by molar-refractivity contribution is -0.148. The van der Waals surface area contributed by atoms with Gasteiger partial charge in [-0.15, -0.1) is 0 Å². The molecular weight excluding hydrogens is 326 g/mol. The minimum Gasteiger partial charge on any atom is -0.394 e. The maximum Gasteiger partial charge on any atom is 0.270 e. The third-order valence-electron chi connectivity index (χ3n) is 3.11. The number of nitrogens with zero attached hydrogens (tertiary/aromatic N) is 1. The summed E-state index contributed by atoms with van der Waals surface area (Å²) in [5.41, 5.74) is 5.37. The van der Waals surface area contributed by atoms with Crippen LogP contribution in [-0.4, -0.2) is 67.4 Å². The molecule has 9 nitrogen and oxygen atoms in total. The molecule has 1 aromatic heterocycles. The molecule has 1 heterocycles. The molecule has 0 aliphatic heterocycles. The number of nitrogens with one attached hydrogen (secondary N) is 2. The van der Waals surface area contributed by atoms with Crippen LogP contribution in [0.4, 0.5) is 5.13 Å². The number of aliphatic hydroxyl groups excluding tert-OH is 5. The first-order valence-electron chi connectivity index (χ1n) is 6.68. The molecule has 2 aromatic rings. The second-order valence-electron chi connectivity index (χ2n) is 4.78. The Hall–Kier alpha value is -1.82. The number of amides is 1. The Bertz CT molecular complexity index is 633. The highest BCUT2D eigenvalue weighted by atomic mass is 32.1. The van der Waals surface area contributed by atoms with Gasteiger partial charge in [0.05, 0.1) is 16.8 Å². The van der Waals surface area contributed by atoms with E-state index in [-0.39, 0.29) is 0 Å². The number of hydrogen-bond acceptors (Lipinski definition) is 9. The number of hydrogen-bond donors (Lipinski definition) is 7. The van der Waals surface area contributed by atoms with Crippen molar-refractivity contribution in [3.8, 4) is 0 Å². The number of carbonyl (C=O) groups is 1. The van der Waals surface area contributed by atoms with Gasteiger partial charge < -0.3 is 25.5 Å². The average Bonchev–Trinajstić information content (AvgIpc) is 2.99. The quantitative estimate of drug-likeness (QED) is 0.290. The van der Waals surface area contributed by atoms with Crippen LogP contribution in [0.3, 0.4) is 0 Å². The standard InChI is InChI=1S/C13H17N3O6S/c17-5-7(18)9(19)10(20)11(21)12(22)15-16-13-14-6-3-1-2-4-8(6)23-13/h1-4,7,9-11,17-21H,5H2,(H,14,16)(H,15,22)/t7-,9+,10+,11-/m1/s1. The van der Waals surface area contributed by atoms with Gasteiger partial charge in [0.25, 0.3) is 5.91 Å². The summed E-state index contributed by atoms with van der Waals surface area (Å²) in [6.45, 7) is -0.823. The highest BCUT2D eigenvalue weighted by Gasteiger charge is 2.34. The normalized spacial score (nSPS) is 16.6. The van der Waals surface area contributed by atoms with Crippen LogP contribution in [0.15, 0.2) is 24.3 Å². The van der Waals surface area contributed by atoms with Gasteiger partial charge in [0, 0.05) is 0 Å². The lowest BCUT2D eigenvalue weighted by atomic mass is 10.0. The number of carbonyl (C=O) groups excluding carboxylic acids is 1. The molecule has 23 heavy (non-hydrogen) atoms. The number of thiazole rings is 1. The van der Waals surface area contributed by atoms with E-state index in [2.05, 4.69) is 15.8 Å². The van der Waals surface area contributed by atoms with E-state index in [0.717, 1.165) is 10.2 Å². The molecule has 4 atom stereocenters. The molecule has 0 unspecified atom stereocenters. The second kappa shape index (κ2) is 7.64. The van der Waals surface area contributed by atoms with Gasteiger partial charge in [-0.1, -0.05) is 23.5 Å². The Balaban J connectivity index is 1.93. The second-order valence-corrected chi connectivity index (χ2v) is 5.81. The molecule has 0 fully saturated rings. The average molecular weight is 343 g/mol. The van der Waals surface area contributed by atoms with E-state index in [1.54, 1.807) is 6.07 Å². The smallest absolute Gasteiger partial charge is 0.270 e. The molecule has 0 bridgehead atoms. The van der Waals surface area contributed by atoms with Crippen LogP contribution in [0.1, 0.15) is 0 Å². The Morgan fingerprint density at radius 1 is 1.17 bits per heavy atom. The van der Waals surface area contributed by atoms with Gasteiger partial charge in [0.15, 0.2) is 6.10 Å². The fourth-order valence-corrected chi connectivity index (χ4v) is 2.61. The van der Waals surface area contributed by atoms with Gasteiger partial charge in [0.1, 0.15) is 18.3 Å². The molecule has 7 N–H and O–H groups in total. The number of benzene rings is 1. The van der Waals surface area contributed by atoms with E-state index in [4.69, 9.17) is 5.11 Å². The minimum absolute atomic E-state index is 0.372. The number of anilines is 1. The molecule has 0 aliphatic rings. The monoisotopic (exact) mass is 343 g/mol. The summed E-state index contributed by atoms with van der Waals surface area (Å²) in [7, 11) is 0. The molecule has 1 amide bonds. The minimum atomic E-state index is -2.01. The molecule has 10 heteroatoms. The van der Waals surface area contributed by atoms with Crippen molar-refractivity contribution in [1.29, 1.82) is 0 Å². The van der Waals surface area contributed by atoms with Crippen molar-refractivity contribution in [1.82, 2.24) is 10.4 Å². The summed E-state index contributed by atoms with van der Waals surface area (Å²) in [5, 5.41) is 46.9. The molecule has 0 saturated heterocycles. The maximum absolute atomic E-state index is 11.7. The van der Waals surface area contributed by atoms with Crippen molar-refractivity contribution < 1.29 is 30.3 Å². The number of fused-ring (bicyclic) bond motifs is 1. The summed E-state index contributed by atoms with van der Waals surface area (Å²) in [6.07, 6.45) is -7.52. The topological polar surface area (TPSA) is 155 Å². The zero-order valence-corrected chi connectivity index (χ0v) is 12.6. The van der Waals surface area contributed by atoms with Crippen LogP contribution in [0, 0.1) is 0 Å². The zero-order chi connectivity index (χ0) is 17.0. The predicted molar refractivity (Wildman–Crippen MR) is 82.5 cm³/mol. The largest absolute Gasteiger partial charge is 0.394 e. The van der Waals surface area contributed by atoms with Crippen molar-refractivity contribution in [3.63, 3.8) is 0 Å². The lowest BCUT2D eigenvalue weighted by Crippen LogP contribution is -2.52.